The van der Waals surface area contributed by atoms with E-state index in [-0.39, 0.29) is 18.5 Å². The number of ether oxygens (including phenoxy) is 2. The molecule has 1 heterocycles. The highest BCUT2D eigenvalue weighted by atomic mass is 19.1. The third-order valence-electron chi connectivity index (χ3n) is 4.29. The van der Waals surface area contributed by atoms with Gasteiger partial charge in [0.1, 0.15) is 5.83 Å². The molecule has 0 N–H and O–H groups in total. The molecule has 4 nitrogen and oxygen atoms in total. The third-order valence-corrected chi connectivity index (χ3v) is 4.29. The lowest BCUT2D eigenvalue weighted by molar-refractivity contribution is -0.131. The highest BCUT2D eigenvalue weighted by molar-refractivity contribution is 5.52. The first-order valence-corrected chi connectivity index (χ1v) is 7.60. The first-order chi connectivity index (χ1) is 10.5. The van der Waals surface area contributed by atoms with Crippen LogP contribution in [0.25, 0.3) is 0 Å². The number of likely N-dealkylation sites (tertiary alicyclic amines) is 1. The number of hydrogen-bond donors (Lipinski definition) is 0. The first kappa shape index (κ1) is 16.9. The Morgan fingerprint density at radius 2 is 2.36 bits per heavy atom. The molecule has 0 aromatic heterocycles. The summed E-state index contributed by atoms with van der Waals surface area (Å²) in [6, 6.07) is -0.0189. The summed E-state index contributed by atoms with van der Waals surface area (Å²) in [4.78, 5) is 12.7. The van der Waals surface area contributed by atoms with E-state index in [0.717, 1.165) is 12.8 Å². The van der Waals surface area contributed by atoms with Gasteiger partial charge in [-0.1, -0.05) is 18.7 Å². The number of methoxy groups -OCH3 is 1. The van der Waals surface area contributed by atoms with Gasteiger partial charge in [-0.25, -0.2) is 4.39 Å². The zero-order valence-electron chi connectivity index (χ0n) is 13.3. The van der Waals surface area contributed by atoms with Crippen molar-refractivity contribution < 1.29 is 18.7 Å². The van der Waals surface area contributed by atoms with Crippen LogP contribution in [0, 0.1) is 0 Å². The molecular weight excluding hydrogens is 285 g/mol. The van der Waals surface area contributed by atoms with Crippen molar-refractivity contribution >= 4 is 6.41 Å². The number of carbonyl (C=O) groups is 1. The van der Waals surface area contributed by atoms with Crippen LogP contribution in [0.1, 0.15) is 32.6 Å². The molecule has 2 atom stereocenters. The van der Waals surface area contributed by atoms with Crippen molar-refractivity contribution in [3.05, 3.63) is 35.8 Å². The fourth-order valence-corrected chi connectivity index (χ4v) is 3.23. The van der Waals surface area contributed by atoms with Gasteiger partial charge < -0.3 is 14.4 Å². The van der Waals surface area contributed by atoms with Crippen molar-refractivity contribution in [2.45, 2.75) is 44.2 Å². The summed E-state index contributed by atoms with van der Waals surface area (Å²) < 4.78 is 25.2. The standard InChI is InChI=1S/C17H24FNO3/c1-13-8-17(11-21-3,9-14(2)19(13)12-20)22-10-15-6-4-5-7-16(15)18/h4,6,12,14H,1,5,7-11H2,2-3H3. The quantitative estimate of drug-likeness (QED) is 0.708. The Hall–Kier alpha value is -1.46. The molecule has 1 aliphatic carbocycles. The van der Waals surface area contributed by atoms with Gasteiger partial charge in [0.25, 0.3) is 0 Å². The van der Waals surface area contributed by atoms with Crippen LogP contribution in [0.15, 0.2) is 35.8 Å². The van der Waals surface area contributed by atoms with Gasteiger partial charge in [-0.3, -0.25) is 4.79 Å². The van der Waals surface area contributed by atoms with E-state index in [1.807, 2.05) is 13.0 Å². The summed E-state index contributed by atoms with van der Waals surface area (Å²) in [7, 11) is 1.62. The Bertz CT molecular complexity index is 500. The Morgan fingerprint density at radius 1 is 1.59 bits per heavy atom. The molecule has 22 heavy (non-hydrogen) atoms. The van der Waals surface area contributed by atoms with E-state index in [9.17, 15) is 9.18 Å². The van der Waals surface area contributed by atoms with Crippen molar-refractivity contribution in [3.63, 3.8) is 0 Å². The number of piperidine rings is 1. The maximum atomic E-state index is 13.8. The molecule has 0 radical (unpaired) electrons. The highest BCUT2D eigenvalue weighted by Gasteiger charge is 2.41. The van der Waals surface area contributed by atoms with E-state index in [2.05, 4.69) is 6.58 Å². The summed E-state index contributed by atoms with van der Waals surface area (Å²) in [5.41, 5.74) is 0.737. The highest BCUT2D eigenvalue weighted by Crippen LogP contribution is 2.36. The zero-order valence-corrected chi connectivity index (χ0v) is 13.3. The molecular formula is C17H24FNO3. The average Bonchev–Trinajstić information content (AvgIpc) is 2.46. The third kappa shape index (κ3) is 3.65. The van der Waals surface area contributed by atoms with Crippen molar-refractivity contribution in [2.75, 3.05) is 20.3 Å². The molecule has 0 saturated carbocycles. The molecule has 1 amide bonds. The van der Waals surface area contributed by atoms with Crippen LogP contribution < -0.4 is 0 Å². The van der Waals surface area contributed by atoms with Gasteiger partial charge >= 0.3 is 0 Å². The van der Waals surface area contributed by atoms with Crippen LogP contribution in [-0.2, 0) is 14.3 Å². The topological polar surface area (TPSA) is 38.8 Å². The number of halogens is 1. The van der Waals surface area contributed by atoms with Crippen molar-refractivity contribution in [2.24, 2.45) is 0 Å². The van der Waals surface area contributed by atoms with Crippen LogP contribution >= 0.6 is 0 Å². The smallest absolute Gasteiger partial charge is 0.214 e. The molecule has 0 bridgehead atoms. The second kappa shape index (κ2) is 7.20. The number of rotatable bonds is 6. The van der Waals surface area contributed by atoms with Gasteiger partial charge in [-0.15, -0.1) is 0 Å². The Morgan fingerprint density at radius 3 is 2.95 bits per heavy atom. The zero-order chi connectivity index (χ0) is 16.2. The molecule has 2 aliphatic rings. The Balaban J connectivity index is 2.10. The minimum Gasteiger partial charge on any atom is -0.382 e. The Kier molecular flexibility index (Phi) is 5.53. The van der Waals surface area contributed by atoms with Crippen LogP contribution in [-0.4, -0.2) is 43.3 Å². The minimum atomic E-state index is -0.566. The lowest BCUT2D eigenvalue weighted by atomic mass is 9.85. The molecule has 1 fully saturated rings. The summed E-state index contributed by atoms with van der Waals surface area (Å²) in [5.74, 6) is -0.104. The average molecular weight is 309 g/mol. The van der Waals surface area contributed by atoms with Gasteiger partial charge in [0.05, 0.1) is 18.8 Å². The van der Waals surface area contributed by atoms with E-state index in [1.54, 1.807) is 18.1 Å². The summed E-state index contributed by atoms with van der Waals surface area (Å²) >= 11 is 0. The number of nitrogens with zero attached hydrogens (tertiary/aromatic N) is 1. The van der Waals surface area contributed by atoms with Crippen molar-refractivity contribution in [1.82, 2.24) is 4.90 Å². The van der Waals surface area contributed by atoms with E-state index in [1.165, 1.54) is 0 Å². The summed E-state index contributed by atoms with van der Waals surface area (Å²) in [5, 5.41) is 0. The predicted molar refractivity (Wildman–Crippen MR) is 82.8 cm³/mol. The lowest BCUT2D eigenvalue weighted by Gasteiger charge is -2.45. The second-order valence-electron chi connectivity index (χ2n) is 6.08. The number of carbonyl (C=O) groups excluding carboxylic acids is 1. The van der Waals surface area contributed by atoms with Crippen LogP contribution in [0.4, 0.5) is 4.39 Å². The first-order valence-electron chi connectivity index (χ1n) is 7.60. The minimum absolute atomic E-state index is 0.0189. The van der Waals surface area contributed by atoms with E-state index >= 15 is 0 Å². The van der Waals surface area contributed by atoms with Gasteiger partial charge in [0, 0.05) is 37.3 Å². The number of amides is 1. The van der Waals surface area contributed by atoms with Gasteiger partial charge in [0.2, 0.25) is 6.41 Å². The second-order valence-corrected chi connectivity index (χ2v) is 6.08. The molecule has 122 valence electrons. The normalized spacial score (nSPS) is 29.1. The Labute approximate surface area is 131 Å². The van der Waals surface area contributed by atoms with Crippen molar-refractivity contribution in [1.29, 1.82) is 0 Å². The predicted octanol–water partition coefficient (Wildman–Crippen LogP) is 3.12. The SMILES string of the molecule is C=C1CC(COC)(OCC2=C(F)CCC=C2)CC(C)N1C=O. The molecule has 5 heteroatoms. The van der Waals surface area contributed by atoms with Crippen LogP contribution in [0.2, 0.25) is 0 Å². The summed E-state index contributed by atoms with van der Waals surface area (Å²) in [6.07, 6.45) is 6.87. The molecule has 1 saturated heterocycles. The largest absolute Gasteiger partial charge is 0.382 e. The van der Waals surface area contributed by atoms with E-state index in [4.69, 9.17) is 9.47 Å². The molecule has 0 aromatic carbocycles. The fourth-order valence-electron chi connectivity index (χ4n) is 3.23. The molecule has 0 aromatic rings. The van der Waals surface area contributed by atoms with Crippen LogP contribution in [0.5, 0.6) is 0 Å². The number of hydrogen-bond acceptors (Lipinski definition) is 3. The van der Waals surface area contributed by atoms with Gasteiger partial charge in [0.15, 0.2) is 0 Å². The lowest BCUT2D eigenvalue weighted by Crippen LogP contribution is -2.51. The molecule has 2 rings (SSSR count). The fraction of sp³-hybridized carbons (Fsp3) is 0.588. The molecule has 0 spiro atoms. The van der Waals surface area contributed by atoms with E-state index in [0.29, 0.717) is 37.1 Å². The van der Waals surface area contributed by atoms with Gasteiger partial charge in [-0.05, 0) is 19.8 Å². The van der Waals surface area contributed by atoms with Gasteiger partial charge in [-0.2, -0.15) is 0 Å². The maximum Gasteiger partial charge on any atom is 0.214 e. The number of allylic oxidation sites excluding steroid dienone is 2. The van der Waals surface area contributed by atoms with Crippen molar-refractivity contribution in [3.8, 4) is 0 Å². The summed E-state index contributed by atoms with van der Waals surface area (Å²) in [6.45, 7) is 6.52. The van der Waals surface area contributed by atoms with E-state index < -0.39 is 5.60 Å². The maximum absolute atomic E-state index is 13.8. The molecule has 2 unspecified atom stereocenters. The molecule has 1 aliphatic heterocycles. The van der Waals surface area contributed by atoms with Crippen LogP contribution in [0.3, 0.4) is 0 Å². The monoisotopic (exact) mass is 309 g/mol.